The molecule has 6 N–H and O–H groups in total. The summed E-state index contributed by atoms with van der Waals surface area (Å²) in [7, 11) is -5.12. The van der Waals surface area contributed by atoms with Gasteiger partial charge in [0.05, 0.1) is 6.61 Å². The molecule has 0 aliphatic heterocycles. The number of esters is 2. The first-order chi connectivity index (χ1) is 28.4. The Morgan fingerprint density at radius 3 is 1.36 bits per heavy atom. The average molecular weight is 863 g/mol. The van der Waals surface area contributed by atoms with E-state index in [1.807, 2.05) is 6.08 Å². The fourth-order valence-corrected chi connectivity index (χ4v) is 7.98. The molecule has 1 aliphatic carbocycles. The van der Waals surface area contributed by atoms with Gasteiger partial charge in [0.15, 0.2) is 6.10 Å². The van der Waals surface area contributed by atoms with Crippen molar-refractivity contribution in [1.82, 2.24) is 0 Å². The van der Waals surface area contributed by atoms with E-state index in [0.29, 0.717) is 12.8 Å². The van der Waals surface area contributed by atoms with Crippen molar-refractivity contribution in [2.24, 2.45) is 0 Å². The summed E-state index contributed by atoms with van der Waals surface area (Å²) in [6.45, 7) is 3.26. The Hall–Kier alpha value is -1.67. The van der Waals surface area contributed by atoms with E-state index < -0.39 is 75.7 Å². The van der Waals surface area contributed by atoms with Crippen LogP contribution in [-0.2, 0) is 32.7 Å². The van der Waals surface area contributed by atoms with Gasteiger partial charge in [-0.15, -0.1) is 0 Å². The SMILES string of the molecule is CCCCCCCC/C=C/CCCCCCCC(=O)O[C@H](COC(=O)CC/C=C/CCCCCCCCCCCCC)COP(=O)(O)OC1C(O)C(O)C(O)[C@@H](O)C1O. The molecule has 6 unspecified atom stereocenters. The Kier molecular flexibility index (Phi) is 33.7. The molecule has 0 amide bonds. The van der Waals surface area contributed by atoms with Gasteiger partial charge in [0.25, 0.3) is 0 Å². The van der Waals surface area contributed by atoms with Crippen molar-refractivity contribution in [1.29, 1.82) is 0 Å². The fraction of sp³-hybridized carbons (Fsp3) is 0.867. The minimum atomic E-state index is -5.12. The maximum absolute atomic E-state index is 12.8. The van der Waals surface area contributed by atoms with Gasteiger partial charge in [-0.05, 0) is 51.4 Å². The van der Waals surface area contributed by atoms with Crippen LogP contribution in [0, 0.1) is 0 Å². The molecule has 13 nitrogen and oxygen atoms in total. The molecule has 0 heterocycles. The summed E-state index contributed by atoms with van der Waals surface area (Å²) >= 11 is 0. The fourth-order valence-electron chi connectivity index (χ4n) is 7.01. The van der Waals surface area contributed by atoms with Crippen LogP contribution in [0.5, 0.6) is 0 Å². The average Bonchev–Trinajstić information content (AvgIpc) is 3.21. The van der Waals surface area contributed by atoms with Crippen molar-refractivity contribution in [3.63, 3.8) is 0 Å². The molecule has 59 heavy (non-hydrogen) atoms. The minimum absolute atomic E-state index is 0.0817. The number of carbonyl (C=O) groups excluding carboxylic acids is 2. The van der Waals surface area contributed by atoms with Crippen LogP contribution in [0.3, 0.4) is 0 Å². The van der Waals surface area contributed by atoms with Gasteiger partial charge < -0.3 is 39.9 Å². The molecular weight excluding hydrogens is 779 g/mol. The summed E-state index contributed by atoms with van der Waals surface area (Å²) < 4.78 is 33.4. The lowest BCUT2D eigenvalue weighted by Gasteiger charge is -2.41. The van der Waals surface area contributed by atoms with Crippen LogP contribution in [-0.4, -0.2) is 98.3 Å². The number of unbranched alkanes of at least 4 members (excludes halogenated alkanes) is 22. The Morgan fingerprint density at radius 2 is 0.898 bits per heavy atom. The zero-order valence-electron chi connectivity index (χ0n) is 36.6. The van der Waals surface area contributed by atoms with Crippen LogP contribution in [0.15, 0.2) is 24.3 Å². The highest BCUT2D eigenvalue weighted by atomic mass is 31.2. The number of hydrogen-bond acceptors (Lipinski definition) is 12. The van der Waals surface area contributed by atoms with Gasteiger partial charge in [0, 0.05) is 12.8 Å². The summed E-state index contributed by atoms with van der Waals surface area (Å²) in [6.07, 6.45) is 25.3. The van der Waals surface area contributed by atoms with Crippen molar-refractivity contribution in [2.45, 2.75) is 236 Å². The summed E-state index contributed by atoms with van der Waals surface area (Å²) in [4.78, 5) is 35.6. The quantitative estimate of drug-likeness (QED) is 0.0149. The van der Waals surface area contributed by atoms with Crippen LogP contribution in [0.25, 0.3) is 0 Å². The molecule has 0 radical (unpaired) electrons. The normalized spacial score (nSPS) is 22.5. The lowest BCUT2D eigenvalue weighted by molar-refractivity contribution is -0.220. The molecule has 1 fully saturated rings. The molecule has 0 spiro atoms. The van der Waals surface area contributed by atoms with Crippen LogP contribution >= 0.6 is 7.82 Å². The predicted molar refractivity (Wildman–Crippen MR) is 230 cm³/mol. The first-order valence-corrected chi connectivity index (χ1v) is 24.6. The largest absolute Gasteiger partial charge is 0.472 e. The molecule has 346 valence electrons. The van der Waals surface area contributed by atoms with E-state index >= 15 is 0 Å². The van der Waals surface area contributed by atoms with Crippen LogP contribution < -0.4 is 0 Å². The van der Waals surface area contributed by atoms with Crippen LogP contribution in [0.1, 0.15) is 194 Å². The maximum Gasteiger partial charge on any atom is 0.472 e. The lowest BCUT2D eigenvalue weighted by Crippen LogP contribution is -2.64. The third kappa shape index (κ3) is 28.5. The first kappa shape index (κ1) is 55.3. The molecule has 14 heteroatoms. The summed E-state index contributed by atoms with van der Waals surface area (Å²) in [5, 5.41) is 50.1. The van der Waals surface area contributed by atoms with Gasteiger partial charge in [-0.1, -0.05) is 154 Å². The molecule has 0 saturated heterocycles. The minimum Gasteiger partial charge on any atom is -0.462 e. The summed E-state index contributed by atoms with van der Waals surface area (Å²) in [6, 6.07) is 0. The standard InChI is InChI=1S/C45H83O13P/c1-3-5-7-9-11-13-15-17-19-21-23-25-27-29-31-33-38(46)55-35-37(36-56-59(53,54)58-45-43(51)41(49)40(48)42(50)44(45)52)57-39(47)34-32-30-28-26-24-22-20-18-16-14-12-10-8-6-4-2/h18,20,27,29,37,40-45,48-52H,3-17,19,21-26,28,30-36H2,1-2H3,(H,53,54)/b20-18+,29-27+/t37-,40?,41-,42?,43?,44?,45?/m1/s1. The molecule has 1 rings (SSSR count). The molecule has 0 aromatic rings. The van der Waals surface area contributed by atoms with Gasteiger partial charge in [-0.25, -0.2) is 4.57 Å². The number of allylic oxidation sites excluding steroid dienone is 4. The number of hydrogen-bond donors (Lipinski definition) is 6. The van der Waals surface area contributed by atoms with Crippen molar-refractivity contribution >= 4 is 19.8 Å². The topological polar surface area (TPSA) is 210 Å². The smallest absolute Gasteiger partial charge is 0.462 e. The summed E-state index contributed by atoms with van der Waals surface area (Å²) in [5.41, 5.74) is 0. The van der Waals surface area contributed by atoms with Crippen molar-refractivity contribution < 1.29 is 63.1 Å². The molecule has 1 saturated carbocycles. The zero-order valence-corrected chi connectivity index (χ0v) is 37.4. The monoisotopic (exact) mass is 863 g/mol. The molecule has 0 bridgehead atoms. The number of phosphoric acid groups is 1. The second kappa shape index (κ2) is 35.9. The molecule has 0 aromatic carbocycles. The van der Waals surface area contributed by atoms with E-state index in [9.17, 15) is 44.6 Å². The van der Waals surface area contributed by atoms with Gasteiger partial charge in [0.1, 0.15) is 43.2 Å². The van der Waals surface area contributed by atoms with Gasteiger partial charge in [-0.3, -0.25) is 18.6 Å². The van der Waals surface area contributed by atoms with Crippen molar-refractivity contribution in [3.05, 3.63) is 24.3 Å². The zero-order chi connectivity index (χ0) is 43.6. The van der Waals surface area contributed by atoms with E-state index in [2.05, 4.69) is 32.1 Å². The number of carbonyl (C=O) groups is 2. The molecule has 0 aromatic heterocycles. The number of rotatable bonds is 38. The van der Waals surface area contributed by atoms with Crippen molar-refractivity contribution in [2.75, 3.05) is 13.2 Å². The number of aliphatic hydroxyl groups is 5. The number of ether oxygens (including phenoxy) is 2. The third-order valence-electron chi connectivity index (χ3n) is 10.8. The Bertz CT molecular complexity index is 1130. The van der Waals surface area contributed by atoms with Gasteiger partial charge >= 0.3 is 19.8 Å². The first-order valence-electron chi connectivity index (χ1n) is 23.1. The van der Waals surface area contributed by atoms with E-state index in [0.717, 1.165) is 51.4 Å². The molecule has 1 aliphatic rings. The molecular formula is C45H83O13P. The lowest BCUT2D eigenvalue weighted by atomic mass is 9.85. The third-order valence-corrected chi connectivity index (χ3v) is 11.8. The van der Waals surface area contributed by atoms with Crippen LogP contribution in [0.4, 0.5) is 0 Å². The second-order valence-electron chi connectivity index (χ2n) is 16.3. The Balaban J connectivity index is 2.48. The van der Waals surface area contributed by atoms with E-state index in [1.54, 1.807) is 0 Å². The highest BCUT2D eigenvalue weighted by Crippen LogP contribution is 2.47. The van der Waals surface area contributed by atoms with E-state index in [-0.39, 0.29) is 12.8 Å². The highest BCUT2D eigenvalue weighted by Gasteiger charge is 2.51. The highest BCUT2D eigenvalue weighted by molar-refractivity contribution is 7.47. The van der Waals surface area contributed by atoms with Gasteiger partial charge in [0.2, 0.25) is 0 Å². The number of phosphoric ester groups is 1. The Labute approximate surface area is 356 Å². The van der Waals surface area contributed by atoms with Crippen LogP contribution in [0.2, 0.25) is 0 Å². The van der Waals surface area contributed by atoms with E-state index in [4.69, 9.17) is 18.5 Å². The second-order valence-corrected chi connectivity index (χ2v) is 17.7. The summed E-state index contributed by atoms with van der Waals surface area (Å²) in [5.74, 6) is -1.16. The predicted octanol–water partition coefficient (Wildman–Crippen LogP) is 8.84. The van der Waals surface area contributed by atoms with Gasteiger partial charge in [-0.2, -0.15) is 0 Å². The molecule has 8 atom stereocenters. The van der Waals surface area contributed by atoms with E-state index in [1.165, 1.54) is 103 Å². The van der Waals surface area contributed by atoms with Crippen molar-refractivity contribution in [3.8, 4) is 0 Å². The Morgan fingerprint density at radius 1 is 0.508 bits per heavy atom. The maximum atomic E-state index is 12.8. The number of aliphatic hydroxyl groups excluding tert-OH is 5.